The zero-order chi connectivity index (χ0) is 14.4. The molecular formula is C15H24N2O2. The zero-order valence-electron chi connectivity index (χ0n) is 12.2. The molecule has 1 aromatic carbocycles. The predicted octanol–water partition coefficient (Wildman–Crippen LogP) is 2.34. The largest absolute Gasteiger partial charge is 0.496 e. The number of benzene rings is 1. The summed E-state index contributed by atoms with van der Waals surface area (Å²) >= 11 is 0. The van der Waals surface area contributed by atoms with Crippen LogP contribution in [-0.4, -0.2) is 31.0 Å². The molecular weight excluding hydrogens is 240 g/mol. The Morgan fingerprint density at radius 2 is 2.05 bits per heavy atom. The van der Waals surface area contributed by atoms with Gasteiger partial charge in [-0.05, 0) is 19.4 Å². The summed E-state index contributed by atoms with van der Waals surface area (Å²) in [6.45, 7) is 4.01. The number of likely N-dealkylation sites (N-methyl/N-ethyl adjacent to an activating group) is 1. The smallest absolute Gasteiger partial charge is 0.239 e. The second-order valence-electron chi connectivity index (χ2n) is 4.76. The third-order valence-corrected chi connectivity index (χ3v) is 3.43. The van der Waals surface area contributed by atoms with E-state index >= 15 is 0 Å². The second-order valence-corrected chi connectivity index (χ2v) is 4.76. The first-order chi connectivity index (χ1) is 9.02. The average molecular weight is 264 g/mol. The lowest BCUT2D eigenvalue weighted by molar-refractivity contribution is -0.133. The molecule has 0 heterocycles. The van der Waals surface area contributed by atoms with Gasteiger partial charge in [0.2, 0.25) is 5.91 Å². The highest BCUT2D eigenvalue weighted by Gasteiger charge is 2.23. The summed E-state index contributed by atoms with van der Waals surface area (Å²) in [6, 6.07) is 7.24. The summed E-state index contributed by atoms with van der Waals surface area (Å²) in [5.74, 6) is 0.763. The molecule has 0 aromatic heterocycles. The van der Waals surface area contributed by atoms with Gasteiger partial charge >= 0.3 is 0 Å². The van der Waals surface area contributed by atoms with Crippen molar-refractivity contribution in [3.05, 3.63) is 29.8 Å². The number of para-hydroxylation sites is 1. The van der Waals surface area contributed by atoms with Gasteiger partial charge in [0, 0.05) is 12.6 Å². The summed E-state index contributed by atoms with van der Waals surface area (Å²) in [6.07, 6.45) is 1.62. The first-order valence-electron chi connectivity index (χ1n) is 6.68. The maximum absolute atomic E-state index is 12.2. The fourth-order valence-corrected chi connectivity index (χ4v) is 2.11. The molecule has 0 bridgehead atoms. The van der Waals surface area contributed by atoms with E-state index in [4.69, 9.17) is 10.5 Å². The van der Waals surface area contributed by atoms with E-state index in [9.17, 15) is 4.79 Å². The van der Waals surface area contributed by atoms with Gasteiger partial charge in [-0.2, -0.15) is 0 Å². The molecule has 1 amide bonds. The number of nitrogens with zero attached hydrogens (tertiary/aromatic N) is 1. The Morgan fingerprint density at radius 1 is 1.42 bits per heavy atom. The molecule has 4 heteroatoms. The van der Waals surface area contributed by atoms with Crippen molar-refractivity contribution >= 4 is 5.91 Å². The molecule has 2 N–H and O–H groups in total. The molecule has 0 saturated carbocycles. The van der Waals surface area contributed by atoms with Crippen molar-refractivity contribution < 1.29 is 9.53 Å². The summed E-state index contributed by atoms with van der Waals surface area (Å²) in [4.78, 5) is 13.9. The lowest BCUT2D eigenvalue weighted by Crippen LogP contribution is -2.42. The van der Waals surface area contributed by atoms with Crippen molar-refractivity contribution in [2.24, 2.45) is 5.73 Å². The Bertz CT molecular complexity index is 420. The molecule has 0 spiro atoms. The number of carbonyl (C=O) groups is 1. The predicted molar refractivity (Wildman–Crippen MR) is 77.1 cm³/mol. The molecule has 0 radical (unpaired) electrons. The van der Waals surface area contributed by atoms with Crippen LogP contribution in [0, 0.1) is 0 Å². The van der Waals surface area contributed by atoms with Crippen molar-refractivity contribution in [3.8, 4) is 5.75 Å². The average Bonchev–Trinajstić information content (AvgIpc) is 2.45. The summed E-state index contributed by atoms with van der Waals surface area (Å²) in [5, 5.41) is 0. The number of hydrogen-bond donors (Lipinski definition) is 1. The van der Waals surface area contributed by atoms with Crippen molar-refractivity contribution in [3.63, 3.8) is 0 Å². The zero-order valence-corrected chi connectivity index (χ0v) is 12.2. The maximum Gasteiger partial charge on any atom is 0.239 e. The van der Waals surface area contributed by atoms with E-state index in [1.165, 1.54) is 0 Å². The number of carbonyl (C=O) groups excluding carboxylic acids is 1. The number of nitrogens with two attached hydrogens (primary N) is 1. The molecule has 0 aliphatic carbocycles. The first kappa shape index (κ1) is 15.5. The Morgan fingerprint density at radius 3 is 2.63 bits per heavy atom. The van der Waals surface area contributed by atoms with Crippen molar-refractivity contribution in [2.75, 3.05) is 14.2 Å². The van der Waals surface area contributed by atoms with Crippen LogP contribution in [-0.2, 0) is 4.79 Å². The number of rotatable bonds is 6. The van der Waals surface area contributed by atoms with Gasteiger partial charge in [0.05, 0.1) is 19.2 Å². The quantitative estimate of drug-likeness (QED) is 0.858. The number of ether oxygens (including phenoxy) is 1. The summed E-state index contributed by atoms with van der Waals surface area (Å²) in [7, 11) is 3.42. The highest BCUT2D eigenvalue weighted by molar-refractivity contribution is 5.81. The summed E-state index contributed by atoms with van der Waals surface area (Å²) in [5.41, 5.74) is 6.88. The van der Waals surface area contributed by atoms with Crippen LogP contribution in [0.4, 0.5) is 0 Å². The molecule has 1 aromatic rings. The van der Waals surface area contributed by atoms with Gasteiger partial charge in [-0.15, -0.1) is 0 Å². The molecule has 19 heavy (non-hydrogen) atoms. The van der Waals surface area contributed by atoms with Gasteiger partial charge in [-0.25, -0.2) is 0 Å². The highest BCUT2D eigenvalue weighted by atomic mass is 16.5. The topological polar surface area (TPSA) is 55.6 Å². The van der Waals surface area contributed by atoms with Crippen LogP contribution < -0.4 is 10.5 Å². The van der Waals surface area contributed by atoms with Crippen LogP contribution in [0.2, 0.25) is 0 Å². The van der Waals surface area contributed by atoms with E-state index in [0.717, 1.165) is 17.7 Å². The van der Waals surface area contributed by atoms with E-state index in [1.807, 2.05) is 38.1 Å². The lowest BCUT2D eigenvalue weighted by Gasteiger charge is -2.28. The first-order valence-corrected chi connectivity index (χ1v) is 6.68. The van der Waals surface area contributed by atoms with Crippen LogP contribution >= 0.6 is 0 Å². The molecule has 1 rings (SSSR count). The SMILES string of the molecule is CCCC(N)C(=O)N(C)C(C)c1ccccc1OC. The Kier molecular flexibility index (Phi) is 5.83. The van der Waals surface area contributed by atoms with E-state index in [1.54, 1.807) is 19.1 Å². The minimum Gasteiger partial charge on any atom is -0.496 e. The van der Waals surface area contributed by atoms with Gasteiger partial charge in [0.1, 0.15) is 5.75 Å². The van der Waals surface area contributed by atoms with Crippen molar-refractivity contribution in [2.45, 2.75) is 38.8 Å². The van der Waals surface area contributed by atoms with Crippen LogP contribution in [0.5, 0.6) is 5.75 Å². The highest BCUT2D eigenvalue weighted by Crippen LogP contribution is 2.28. The van der Waals surface area contributed by atoms with E-state index in [0.29, 0.717) is 6.42 Å². The molecule has 0 aliphatic heterocycles. The Hall–Kier alpha value is -1.55. The maximum atomic E-state index is 12.2. The fraction of sp³-hybridized carbons (Fsp3) is 0.533. The van der Waals surface area contributed by atoms with Gasteiger partial charge in [0.15, 0.2) is 0 Å². The molecule has 2 atom stereocenters. The fourth-order valence-electron chi connectivity index (χ4n) is 2.11. The van der Waals surface area contributed by atoms with Gasteiger partial charge in [0.25, 0.3) is 0 Å². The molecule has 4 nitrogen and oxygen atoms in total. The Balaban J connectivity index is 2.87. The van der Waals surface area contributed by atoms with E-state index < -0.39 is 6.04 Å². The molecule has 106 valence electrons. The third kappa shape index (κ3) is 3.70. The van der Waals surface area contributed by atoms with Crippen LogP contribution in [0.25, 0.3) is 0 Å². The van der Waals surface area contributed by atoms with E-state index in [-0.39, 0.29) is 11.9 Å². The monoisotopic (exact) mass is 264 g/mol. The normalized spacial score (nSPS) is 13.7. The number of amides is 1. The van der Waals surface area contributed by atoms with Crippen LogP contribution in [0.15, 0.2) is 24.3 Å². The van der Waals surface area contributed by atoms with Crippen molar-refractivity contribution in [1.82, 2.24) is 4.90 Å². The van der Waals surface area contributed by atoms with Gasteiger partial charge in [-0.3, -0.25) is 4.79 Å². The second kappa shape index (κ2) is 7.14. The van der Waals surface area contributed by atoms with Crippen LogP contribution in [0.3, 0.4) is 0 Å². The van der Waals surface area contributed by atoms with E-state index in [2.05, 4.69) is 0 Å². The molecule has 0 fully saturated rings. The van der Waals surface area contributed by atoms with Gasteiger partial charge < -0.3 is 15.4 Å². The van der Waals surface area contributed by atoms with Crippen molar-refractivity contribution in [1.29, 1.82) is 0 Å². The van der Waals surface area contributed by atoms with Gasteiger partial charge in [-0.1, -0.05) is 31.5 Å². The molecule has 0 saturated heterocycles. The minimum atomic E-state index is -0.424. The van der Waals surface area contributed by atoms with Crippen LogP contribution in [0.1, 0.15) is 38.3 Å². The molecule has 2 unspecified atom stereocenters. The number of methoxy groups -OCH3 is 1. The minimum absolute atomic E-state index is 0.0275. The Labute approximate surface area is 115 Å². The lowest BCUT2D eigenvalue weighted by atomic mass is 10.0. The molecule has 0 aliphatic rings. The summed E-state index contributed by atoms with van der Waals surface area (Å²) < 4.78 is 5.34. The standard InChI is InChI=1S/C15H24N2O2/c1-5-8-13(16)15(18)17(3)11(2)12-9-6-7-10-14(12)19-4/h6-7,9-11,13H,5,8,16H2,1-4H3. The number of hydrogen-bond acceptors (Lipinski definition) is 3. The third-order valence-electron chi connectivity index (χ3n) is 3.43.